The number of methoxy groups -OCH3 is 2. The van der Waals surface area contributed by atoms with E-state index in [0.29, 0.717) is 6.54 Å². The Hall–Kier alpha value is -3.14. The Morgan fingerprint density at radius 3 is 2.40 bits per heavy atom. The van der Waals surface area contributed by atoms with Crippen molar-refractivity contribution in [3.05, 3.63) is 66.2 Å². The number of benzene rings is 3. The Morgan fingerprint density at radius 2 is 1.56 bits per heavy atom. The molecule has 4 rings (SSSR count). The SMILES string of the molecule is COc1ccccc1CNc1cc2c(cc1OC)oc1ccccc12. The van der Waals surface area contributed by atoms with Gasteiger partial charge in [0.25, 0.3) is 0 Å². The normalized spacial score (nSPS) is 11.0. The highest BCUT2D eigenvalue weighted by Gasteiger charge is 2.12. The smallest absolute Gasteiger partial charge is 0.145 e. The number of para-hydroxylation sites is 2. The first-order valence-corrected chi connectivity index (χ1v) is 8.15. The highest BCUT2D eigenvalue weighted by atomic mass is 16.5. The van der Waals surface area contributed by atoms with E-state index in [-0.39, 0.29) is 0 Å². The van der Waals surface area contributed by atoms with E-state index in [4.69, 9.17) is 13.9 Å². The molecule has 1 heterocycles. The third-order valence-electron chi connectivity index (χ3n) is 4.36. The first-order chi connectivity index (χ1) is 12.3. The summed E-state index contributed by atoms with van der Waals surface area (Å²) in [6, 6.07) is 20.0. The molecule has 25 heavy (non-hydrogen) atoms. The Bertz CT molecular complexity index is 1040. The van der Waals surface area contributed by atoms with Gasteiger partial charge in [0.1, 0.15) is 22.7 Å². The molecule has 0 aliphatic heterocycles. The number of hydrogen-bond donors (Lipinski definition) is 1. The minimum Gasteiger partial charge on any atom is -0.496 e. The van der Waals surface area contributed by atoms with Crippen molar-refractivity contribution in [2.45, 2.75) is 6.54 Å². The summed E-state index contributed by atoms with van der Waals surface area (Å²) in [5.41, 5.74) is 3.71. The van der Waals surface area contributed by atoms with E-state index in [1.807, 2.05) is 48.5 Å². The molecule has 0 unspecified atom stereocenters. The van der Waals surface area contributed by atoms with Crippen molar-refractivity contribution in [2.75, 3.05) is 19.5 Å². The molecular formula is C21H19NO3. The van der Waals surface area contributed by atoms with Gasteiger partial charge in [0.05, 0.1) is 19.9 Å². The molecule has 4 nitrogen and oxygen atoms in total. The molecule has 4 aromatic rings. The van der Waals surface area contributed by atoms with Gasteiger partial charge in [0, 0.05) is 28.9 Å². The predicted molar refractivity (Wildman–Crippen MR) is 101 cm³/mol. The van der Waals surface area contributed by atoms with Crippen molar-refractivity contribution < 1.29 is 13.9 Å². The zero-order valence-electron chi connectivity index (χ0n) is 14.2. The third kappa shape index (κ3) is 2.76. The number of furan rings is 1. The van der Waals surface area contributed by atoms with Crippen LogP contribution in [0.2, 0.25) is 0 Å². The third-order valence-corrected chi connectivity index (χ3v) is 4.36. The van der Waals surface area contributed by atoms with Crippen molar-refractivity contribution in [2.24, 2.45) is 0 Å². The Morgan fingerprint density at radius 1 is 0.800 bits per heavy atom. The molecule has 0 saturated carbocycles. The molecule has 0 saturated heterocycles. The van der Waals surface area contributed by atoms with Crippen LogP contribution in [-0.4, -0.2) is 14.2 Å². The first kappa shape index (κ1) is 15.4. The van der Waals surface area contributed by atoms with Crippen LogP contribution in [0.4, 0.5) is 5.69 Å². The lowest BCUT2D eigenvalue weighted by Crippen LogP contribution is -2.03. The van der Waals surface area contributed by atoms with Gasteiger partial charge in [-0.1, -0.05) is 36.4 Å². The molecule has 0 aliphatic carbocycles. The number of anilines is 1. The quantitative estimate of drug-likeness (QED) is 0.544. The van der Waals surface area contributed by atoms with E-state index < -0.39 is 0 Å². The van der Waals surface area contributed by atoms with Crippen molar-refractivity contribution in [1.82, 2.24) is 0 Å². The second-order valence-electron chi connectivity index (χ2n) is 5.81. The van der Waals surface area contributed by atoms with Crippen molar-refractivity contribution in [3.63, 3.8) is 0 Å². The molecule has 0 aliphatic rings. The van der Waals surface area contributed by atoms with Gasteiger partial charge in [-0.3, -0.25) is 0 Å². The average molecular weight is 333 g/mol. The van der Waals surface area contributed by atoms with Crippen molar-refractivity contribution >= 4 is 27.6 Å². The van der Waals surface area contributed by atoms with E-state index in [1.165, 1.54) is 0 Å². The van der Waals surface area contributed by atoms with E-state index in [0.717, 1.165) is 44.7 Å². The zero-order chi connectivity index (χ0) is 17.2. The van der Waals surface area contributed by atoms with E-state index in [9.17, 15) is 0 Å². The summed E-state index contributed by atoms with van der Waals surface area (Å²) in [6.07, 6.45) is 0. The van der Waals surface area contributed by atoms with Crippen LogP contribution < -0.4 is 14.8 Å². The maximum Gasteiger partial charge on any atom is 0.145 e. The molecule has 0 radical (unpaired) electrons. The Kier molecular flexibility index (Phi) is 3.94. The molecule has 0 bridgehead atoms. The molecule has 0 spiro atoms. The summed E-state index contributed by atoms with van der Waals surface area (Å²) in [7, 11) is 3.35. The van der Waals surface area contributed by atoms with Crippen LogP contribution in [0.15, 0.2) is 65.1 Å². The molecule has 3 aromatic carbocycles. The number of ether oxygens (including phenoxy) is 2. The molecule has 4 heteroatoms. The summed E-state index contributed by atoms with van der Waals surface area (Å²) >= 11 is 0. The van der Waals surface area contributed by atoms with Crippen molar-refractivity contribution in [1.29, 1.82) is 0 Å². The number of nitrogens with one attached hydrogen (secondary N) is 1. The zero-order valence-corrected chi connectivity index (χ0v) is 14.2. The van der Waals surface area contributed by atoms with Crippen LogP contribution in [0.25, 0.3) is 21.9 Å². The van der Waals surface area contributed by atoms with Gasteiger partial charge >= 0.3 is 0 Å². The second-order valence-corrected chi connectivity index (χ2v) is 5.81. The van der Waals surface area contributed by atoms with Gasteiger partial charge < -0.3 is 19.2 Å². The molecular weight excluding hydrogens is 314 g/mol. The average Bonchev–Trinajstić information content (AvgIpc) is 3.03. The highest BCUT2D eigenvalue weighted by Crippen LogP contribution is 2.36. The molecule has 1 aromatic heterocycles. The summed E-state index contributed by atoms with van der Waals surface area (Å²) < 4.78 is 16.9. The molecule has 0 fully saturated rings. The van der Waals surface area contributed by atoms with Crippen LogP contribution >= 0.6 is 0 Å². The summed E-state index contributed by atoms with van der Waals surface area (Å²) in [5.74, 6) is 1.62. The lowest BCUT2D eigenvalue weighted by molar-refractivity contribution is 0.409. The number of rotatable bonds is 5. The number of hydrogen-bond acceptors (Lipinski definition) is 4. The summed E-state index contributed by atoms with van der Waals surface area (Å²) in [6.45, 7) is 0.641. The Balaban J connectivity index is 1.74. The first-order valence-electron chi connectivity index (χ1n) is 8.15. The van der Waals surface area contributed by atoms with Gasteiger partial charge in [0.15, 0.2) is 0 Å². The number of fused-ring (bicyclic) bond motifs is 3. The predicted octanol–water partition coefficient (Wildman–Crippen LogP) is 5.22. The fourth-order valence-corrected chi connectivity index (χ4v) is 3.10. The van der Waals surface area contributed by atoms with Gasteiger partial charge in [-0.05, 0) is 18.2 Å². The van der Waals surface area contributed by atoms with Gasteiger partial charge in [0.2, 0.25) is 0 Å². The van der Waals surface area contributed by atoms with Crippen LogP contribution in [0, 0.1) is 0 Å². The monoisotopic (exact) mass is 333 g/mol. The van der Waals surface area contributed by atoms with E-state index >= 15 is 0 Å². The molecule has 1 N–H and O–H groups in total. The van der Waals surface area contributed by atoms with Crippen LogP contribution in [0.1, 0.15) is 5.56 Å². The van der Waals surface area contributed by atoms with Gasteiger partial charge in [-0.25, -0.2) is 0 Å². The maximum absolute atomic E-state index is 5.92. The fourth-order valence-electron chi connectivity index (χ4n) is 3.10. The topological polar surface area (TPSA) is 43.6 Å². The summed E-state index contributed by atoms with van der Waals surface area (Å²) in [5, 5.41) is 5.62. The van der Waals surface area contributed by atoms with Crippen LogP contribution in [0.3, 0.4) is 0 Å². The maximum atomic E-state index is 5.92. The molecule has 126 valence electrons. The van der Waals surface area contributed by atoms with Gasteiger partial charge in [-0.15, -0.1) is 0 Å². The minimum atomic E-state index is 0.641. The standard InChI is InChI=1S/C21H19NO3/c1-23-18-9-5-3-7-14(18)13-22-17-11-16-15-8-4-6-10-19(15)25-20(16)12-21(17)24-2/h3-12,22H,13H2,1-2H3. The lowest BCUT2D eigenvalue weighted by Gasteiger charge is -2.13. The largest absolute Gasteiger partial charge is 0.496 e. The minimum absolute atomic E-state index is 0.641. The highest BCUT2D eigenvalue weighted by molar-refractivity contribution is 6.06. The fraction of sp³-hybridized carbons (Fsp3) is 0.143. The molecule has 0 amide bonds. The Labute approximate surface area is 146 Å². The van der Waals surface area contributed by atoms with Gasteiger partial charge in [-0.2, -0.15) is 0 Å². The summed E-state index contributed by atoms with van der Waals surface area (Å²) in [4.78, 5) is 0. The van der Waals surface area contributed by atoms with Crippen LogP contribution in [-0.2, 0) is 6.54 Å². The van der Waals surface area contributed by atoms with E-state index in [2.05, 4.69) is 17.4 Å². The van der Waals surface area contributed by atoms with Crippen molar-refractivity contribution in [3.8, 4) is 11.5 Å². The lowest BCUT2D eigenvalue weighted by atomic mass is 10.1. The molecule has 0 atom stereocenters. The van der Waals surface area contributed by atoms with Crippen LogP contribution in [0.5, 0.6) is 11.5 Å². The second kappa shape index (κ2) is 6.40. The van der Waals surface area contributed by atoms with E-state index in [1.54, 1.807) is 14.2 Å².